The number of aliphatic hydroxyl groups excluding tert-OH is 1. The van der Waals surface area contributed by atoms with Gasteiger partial charge in [-0.2, -0.15) is 5.10 Å². The molecule has 132 valence electrons. The number of aliphatic hydroxyl groups is 1. The number of H-pyrrole nitrogens is 1. The van der Waals surface area contributed by atoms with E-state index in [-0.39, 0.29) is 12.5 Å². The molecule has 25 heavy (non-hydrogen) atoms. The zero-order valence-electron chi connectivity index (χ0n) is 14.4. The number of carbonyl (C=O) groups is 1. The zero-order valence-corrected chi connectivity index (χ0v) is 14.4. The summed E-state index contributed by atoms with van der Waals surface area (Å²) in [6, 6.07) is 10.1. The summed E-state index contributed by atoms with van der Waals surface area (Å²) < 4.78 is 0. The van der Waals surface area contributed by atoms with Gasteiger partial charge in [-0.1, -0.05) is 24.3 Å². The molecule has 1 aromatic heterocycles. The molecule has 4 rings (SSSR count). The molecule has 1 aromatic carbocycles. The van der Waals surface area contributed by atoms with E-state index < -0.39 is 0 Å². The van der Waals surface area contributed by atoms with Crippen molar-refractivity contribution in [3.8, 4) is 0 Å². The summed E-state index contributed by atoms with van der Waals surface area (Å²) >= 11 is 0. The topological polar surface area (TPSA) is 69.2 Å². The first kappa shape index (κ1) is 16.3. The van der Waals surface area contributed by atoms with Crippen LogP contribution < -0.4 is 0 Å². The van der Waals surface area contributed by atoms with Crippen LogP contribution in [-0.2, 0) is 13.0 Å². The normalized spacial score (nSPS) is 18.5. The number of amides is 1. The fraction of sp³-hybridized carbons (Fsp3) is 0.500. The number of carbonyl (C=O) groups excluding carboxylic acids is 1. The van der Waals surface area contributed by atoms with Gasteiger partial charge in [0.2, 0.25) is 0 Å². The second kappa shape index (κ2) is 7.00. The van der Waals surface area contributed by atoms with E-state index in [1.807, 2.05) is 23.1 Å². The number of aromatic nitrogens is 2. The Bertz CT molecular complexity index is 726. The number of likely N-dealkylation sites (tertiary alicyclic amines) is 1. The summed E-state index contributed by atoms with van der Waals surface area (Å²) in [5.74, 6) is 1.27. The van der Waals surface area contributed by atoms with E-state index in [4.69, 9.17) is 5.11 Å². The highest BCUT2D eigenvalue weighted by Gasteiger charge is 2.29. The SMILES string of the molecule is O=C(c1cc(C2CC2)[nH]n1)N1CCC(Cc2ccc(CO)cc2)CC1. The molecule has 1 saturated heterocycles. The lowest BCUT2D eigenvalue weighted by Gasteiger charge is -2.31. The van der Waals surface area contributed by atoms with Crippen LogP contribution in [0.5, 0.6) is 0 Å². The highest BCUT2D eigenvalue weighted by atomic mass is 16.3. The molecule has 1 aliphatic heterocycles. The minimum absolute atomic E-state index is 0.0638. The fourth-order valence-corrected chi connectivity index (χ4v) is 3.67. The number of piperidine rings is 1. The van der Waals surface area contributed by atoms with Crippen LogP contribution in [0.15, 0.2) is 30.3 Å². The largest absolute Gasteiger partial charge is 0.392 e. The number of hydrogen-bond donors (Lipinski definition) is 2. The highest BCUT2D eigenvalue weighted by Crippen LogP contribution is 2.39. The monoisotopic (exact) mass is 339 g/mol. The van der Waals surface area contributed by atoms with E-state index in [1.54, 1.807) is 0 Å². The van der Waals surface area contributed by atoms with Crippen LogP contribution in [-0.4, -0.2) is 39.2 Å². The third-order valence-electron chi connectivity index (χ3n) is 5.47. The second-order valence-electron chi connectivity index (χ2n) is 7.40. The van der Waals surface area contributed by atoms with Crippen molar-refractivity contribution in [3.05, 3.63) is 52.8 Å². The van der Waals surface area contributed by atoms with Crippen molar-refractivity contribution in [3.63, 3.8) is 0 Å². The van der Waals surface area contributed by atoms with Gasteiger partial charge < -0.3 is 10.0 Å². The Hall–Kier alpha value is -2.14. The lowest BCUT2D eigenvalue weighted by atomic mass is 9.90. The molecular formula is C20H25N3O2. The molecule has 2 N–H and O–H groups in total. The van der Waals surface area contributed by atoms with Gasteiger partial charge in [0.05, 0.1) is 6.61 Å². The van der Waals surface area contributed by atoms with Crippen molar-refractivity contribution in [2.75, 3.05) is 13.1 Å². The third-order valence-corrected chi connectivity index (χ3v) is 5.47. The Morgan fingerprint density at radius 3 is 2.44 bits per heavy atom. The Morgan fingerprint density at radius 1 is 1.12 bits per heavy atom. The predicted molar refractivity (Wildman–Crippen MR) is 95.3 cm³/mol. The van der Waals surface area contributed by atoms with E-state index in [0.717, 1.165) is 43.6 Å². The van der Waals surface area contributed by atoms with Crippen LogP contribution in [0.25, 0.3) is 0 Å². The van der Waals surface area contributed by atoms with Crippen molar-refractivity contribution in [1.29, 1.82) is 0 Å². The molecule has 2 aliphatic rings. The average molecular weight is 339 g/mol. The molecule has 0 spiro atoms. The molecule has 2 fully saturated rings. The van der Waals surface area contributed by atoms with Gasteiger partial charge in [-0.25, -0.2) is 0 Å². The van der Waals surface area contributed by atoms with Crippen LogP contribution in [0, 0.1) is 5.92 Å². The summed E-state index contributed by atoms with van der Waals surface area (Å²) in [4.78, 5) is 14.6. The second-order valence-corrected chi connectivity index (χ2v) is 7.40. The Morgan fingerprint density at radius 2 is 1.80 bits per heavy atom. The van der Waals surface area contributed by atoms with Crippen molar-refractivity contribution in [2.24, 2.45) is 5.92 Å². The number of rotatable bonds is 5. The van der Waals surface area contributed by atoms with Gasteiger partial charge in [-0.15, -0.1) is 0 Å². The van der Waals surface area contributed by atoms with Gasteiger partial charge >= 0.3 is 0 Å². The molecule has 2 aromatic rings. The molecule has 1 saturated carbocycles. The van der Waals surface area contributed by atoms with Crippen molar-refractivity contribution in [1.82, 2.24) is 15.1 Å². The van der Waals surface area contributed by atoms with Crippen molar-refractivity contribution >= 4 is 5.91 Å². The van der Waals surface area contributed by atoms with Gasteiger partial charge in [-0.05, 0) is 55.2 Å². The molecule has 0 unspecified atom stereocenters. The number of hydrogen-bond acceptors (Lipinski definition) is 3. The summed E-state index contributed by atoms with van der Waals surface area (Å²) in [5, 5.41) is 16.4. The van der Waals surface area contributed by atoms with Crippen LogP contribution in [0.2, 0.25) is 0 Å². The lowest BCUT2D eigenvalue weighted by molar-refractivity contribution is 0.0684. The molecule has 0 bridgehead atoms. The Balaban J connectivity index is 1.30. The number of nitrogens with one attached hydrogen (secondary N) is 1. The Labute approximate surface area is 148 Å². The van der Waals surface area contributed by atoms with Gasteiger partial charge in [0.1, 0.15) is 5.69 Å². The fourth-order valence-electron chi connectivity index (χ4n) is 3.67. The number of nitrogens with zero attached hydrogens (tertiary/aromatic N) is 2. The van der Waals surface area contributed by atoms with Gasteiger partial charge in [-0.3, -0.25) is 9.89 Å². The molecule has 5 nitrogen and oxygen atoms in total. The molecule has 0 atom stereocenters. The van der Waals surface area contributed by atoms with E-state index in [0.29, 0.717) is 17.5 Å². The quantitative estimate of drug-likeness (QED) is 0.880. The zero-order chi connectivity index (χ0) is 17.2. The first-order valence-corrected chi connectivity index (χ1v) is 9.26. The smallest absolute Gasteiger partial charge is 0.274 e. The van der Waals surface area contributed by atoms with Crippen LogP contribution >= 0.6 is 0 Å². The van der Waals surface area contributed by atoms with Gasteiger partial charge in [0, 0.05) is 24.7 Å². The van der Waals surface area contributed by atoms with Crippen LogP contribution in [0.3, 0.4) is 0 Å². The van der Waals surface area contributed by atoms with E-state index in [2.05, 4.69) is 22.3 Å². The minimum Gasteiger partial charge on any atom is -0.392 e. The highest BCUT2D eigenvalue weighted by molar-refractivity contribution is 5.92. The van der Waals surface area contributed by atoms with Crippen LogP contribution in [0.1, 0.15) is 58.9 Å². The maximum absolute atomic E-state index is 12.6. The first-order valence-electron chi connectivity index (χ1n) is 9.26. The van der Waals surface area contributed by atoms with Crippen LogP contribution in [0.4, 0.5) is 0 Å². The molecular weight excluding hydrogens is 314 g/mol. The molecule has 2 heterocycles. The van der Waals surface area contributed by atoms with E-state index >= 15 is 0 Å². The number of aromatic amines is 1. The summed E-state index contributed by atoms with van der Waals surface area (Å²) in [7, 11) is 0. The summed E-state index contributed by atoms with van der Waals surface area (Å²) in [6.07, 6.45) is 5.53. The van der Waals surface area contributed by atoms with Gasteiger partial charge in [0.25, 0.3) is 5.91 Å². The summed E-state index contributed by atoms with van der Waals surface area (Å²) in [6.45, 7) is 1.71. The van der Waals surface area contributed by atoms with Crippen molar-refractivity contribution in [2.45, 2.75) is 44.6 Å². The Kier molecular flexibility index (Phi) is 4.57. The maximum atomic E-state index is 12.6. The lowest BCUT2D eigenvalue weighted by Crippen LogP contribution is -2.39. The molecule has 0 radical (unpaired) electrons. The average Bonchev–Trinajstić information content (AvgIpc) is 3.39. The first-order chi connectivity index (χ1) is 12.2. The minimum atomic E-state index is 0.0638. The number of benzene rings is 1. The van der Waals surface area contributed by atoms with E-state index in [1.165, 1.54) is 18.4 Å². The maximum Gasteiger partial charge on any atom is 0.274 e. The van der Waals surface area contributed by atoms with E-state index in [9.17, 15) is 4.79 Å². The summed E-state index contributed by atoms with van der Waals surface area (Å²) in [5.41, 5.74) is 3.95. The van der Waals surface area contributed by atoms with Crippen molar-refractivity contribution < 1.29 is 9.90 Å². The molecule has 1 amide bonds. The standard InChI is InChI=1S/C20H25N3O2/c24-13-16-3-1-14(2-4-16)11-15-7-9-23(10-8-15)20(25)19-12-18(21-22-19)17-5-6-17/h1-4,12,15,17,24H,5-11,13H2,(H,21,22). The van der Waals surface area contributed by atoms with Gasteiger partial charge in [0.15, 0.2) is 0 Å². The third kappa shape index (κ3) is 3.76. The predicted octanol–water partition coefficient (Wildman–Crippen LogP) is 2.87. The molecule has 5 heteroatoms. The molecule has 1 aliphatic carbocycles.